The summed E-state index contributed by atoms with van der Waals surface area (Å²) in [5.74, 6) is 0.873. The topological polar surface area (TPSA) is 65.5 Å². The van der Waals surface area contributed by atoms with E-state index < -0.39 is 0 Å². The van der Waals surface area contributed by atoms with E-state index in [1.54, 1.807) is 12.3 Å². The number of hydrogen-bond acceptors (Lipinski definition) is 4. The minimum atomic E-state index is 0.0103. The molecule has 148 valence electrons. The van der Waals surface area contributed by atoms with Gasteiger partial charge in [0.05, 0.1) is 10.6 Å². The highest BCUT2D eigenvalue weighted by Gasteiger charge is 2.25. The van der Waals surface area contributed by atoms with Crippen LogP contribution in [0.4, 0.5) is 5.82 Å². The number of hydrogen-bond donors (Lipinski definition) is 1. The maximum atomic E-state index is 12.6. The van der Waals surface area contributed by atoms with Gasteiger partial charge in [-0.05, 0) is 38.2 Å². The van der Waals surface area contributed by atoms with Crippen molar-refractivity contribution < 1.29 is 9.59 Å². The summed E-state index contributed by atoms with van der Waals surface area (Å²) < 4.78 is 0. The molecule has 2 aliphatic rings. The van der Waals surface area contributed by atoms with E-state index in [2.05, 4.69) is 10.3 Å². The van der Waals surface area contributed by atoms with E-state index in [4.69, 9.17) is 11.6 Å². The van der Waals surface area contributed by atoms with Gasteiger partial charge in [-0.2, -0.15) is 0 Å². The van der Waals surface area contributed by atoms with Crippen LogP contribution < -0.4 is 5.32 Å². The van der Waals surface area contributed by atoms with Gasteiger partial charge in [0.25, 0.3) is 5.91 Å². The molecule has 0 radical (unpaired) electrons. The maximum absolute atomic E-state index is 12.6. The molecule has 0 spiro atoms. The Morgan fingerprint density at radius 3 is 2.37 bits per heavy atom. The average molecular weight is 393 g/mol. The van der Waals surface area contributed by atoms with Gasteiger partial charge in [0.2, 0.25) is 5.91 Å². The van der Waals surface area contributed by atoms with Gasteiger partial charge in [0, 0.05) is 44.3 Å². The third kappa shape index (κ3) is 4.92. The Morgan fingerprint density at radius 1 is 1.11 bits per heavy atom. The van der Waals surface area contributed by atoms with Crippen LogP contribution in [0.2, 0.25) is 5.02 Å². The lowest BCUT2D eigenvalue weighted by Gasteiger charge is -2.33. The zero-order chi connectivity index (χ0) is 19.4. The van der Waals surface area contributed by atoms with Crippen molar-refractivity contribution in [2.45, 2.75) is 52.0 Å². The number of nitrogens with zero attached hydrogens (tertiary/aromatic N) is 3. The Kier molecular flexibility index (Phi) is 6.58. The Bertz CT molecular complexity index is 681. The molecule has 0 bridgehead atoms. The van der Waals surface area contributed by atoms with Crippen molar-refractivity contribution >= 4 is 29.2 Å². The molecule has 1 aromatic heterocycles. The molecule has 1 aromatic rings. The summed E-state index contributed by atoms with van der Waals surface area (Å²) in [7, 11) is 0. The van der Waals surface area contributed by atoms with Crippen molar-refractivity contribution in [2.75, 3.05) is 31.5 Å². The lowest BCUT2D eigenvalue weighted by molar-refractivity contribution is -0.135. The van der Waals surface area contributed by atoms with Crippen LogP contribution in [0, 0.1) is 5.92 Å². The molecule has 2 amide bonds. The van der Waals surface area contributed by atoms with Crippen LogP contribution in [-0.2, 0) is 4.79 Å². The number of aromatic nitrogens is 1. The van der Waals surface area contributed by atoms with E-state index in [0.29, 0.717) is 16.4 Å². The van der Waals surface area contributed by atoms with Crippen LogP contribution in [0.1, 0.15) is 56.3 Å². The second-order valence-corrected chi connectivity index (χ2v) is 8.21. The number of carbonyl (C=O) groups excluding carboxylic acids is 2. The number of halogens is 1. The first-order chi connectivity index (χ1) is 13.0. The second kappa shape index (κ2) is 8.91. The monoisotopic (exact) mass is 392 g/mol. The normalized spacial score (nSPS) is 18.7. The molecule has 0 aliphatic carbocycles. The maximum Gasteiger partial charge on any atom is 0.255 e. The van der Waals surface area contributed by atoms with Gasteiger partial charge in [-0.25, -0.2) is 4.98 Å². The Hall–Kier alpha value is -1.82. The van der Waals surface area contributed by atoms with Crippen LogP contribution in [0.5, 0.6) is 0 Å². The number of amides is 2. The number of carbonyl (C=O) groups is 2. The number of pyridine rings is 1. The molecule has 0 unspecified atom stereocenters. The molecule has 1 N–H and O–H groups in total. The van der Waals surface area contributed by atoms with Gasteiger partial charge in [-0.3, -0.25) is 9.59 Å². The molecule has 6 nitrogen and oxygen atoms in total. The summed E-state index contributed by atoms with van der Waals surface area (Å²) in [5.41, 5.74) is 0.546. The van der Waals surface area contributed by atoms with E-state index in [0.717, 1.165) is 51.9 Å². The lowest BCUT2D eigenvalue weighted by atomic mass is 10.0. The van der Waals surface area contributed by atoms with Crippen LogP contribution in [0.25, 0.3) is 0 Å². The summed E-state index contributed by atoms with van der Waals surface area (Å²) >= 11 is 6.39. The Morgan fingerprint density at radius 2 is 1.78 bits per heavy atom. The Labute approximate surface area is 166 Å². The molecule has 2 aliphatic heterocycles. The Balaban J connectivity index is 1.57. The summed E-state index contributed by atoms with van der Waals surface area (Å²) in [4.78, 5) is 32.9. The van der Waals surface area contributed by atoms with E-state index >= 15 is 0 Å². The SMILES string of the molecule is CC(C)C(=O)N1CCC(Nc2ncc(C(=O)N3CCCCC3)cc2Cl)CC1. The van der Waals surface area contributed by atoms with Gasteiger partial charge < -0.3 is 15.1 Å². The fourth-order valence-corrected chi connectivity index (χ4v) is 3.96. The quantitative estimate of drug-likeness (QED) is 0.852. The minimum absolute atomic E-state index is 0.0103. The van der Waals surface area contributed by atoms with Crippen molar-refractivity contribution in [1.82, 2.24) is 14.8 Å². The number of rotatable bonds is 4. The molecule has 0 saturated carbocycles. The summed E-state index contributed by atoms with van der Waals surface area (Å²) in [6.45, 7) is 6.98. The molecular formula is C20H29ClN4O2. The van der Waals surface area contributed by atoms with Crippen molar-refractivity contribution in [1.29, 1.82) is 0 Å². The zero-order valence-electron chi connectivity index (χ0n) is 16.2. The highest BCUT2D eigenvalue weighted by molar-refractivity contribution is 6.33. The molecule has 0 aromatic carbocycles. The molecule has 3 heterocycles. The molecular weight excluding hydrogens is 364 g/mol. The number of nitrogens with one attached hydrogen (secondary N) is 1. The summed E-state index contributed by atoms with van der Waals surface area (Å²) in [5, 5.41) is 3.85. The first-order valence-corrected chi connectivity index (χ1v) is 10.3. The van der Waals surface area contributed by atoms with Gasteiger partial charge in [0.1, 0.15) is 5.82 Å². The summed E-state index contributed by atoms with van der Waals surface area (Å²) in [6.07, 6.45) is 6.65. The van der Waals surface area contributed by atoms with Crippen molar-refractivity contribution in [2.24, 2.45) is 5.92 Å². The number of likely N-dealkylation sites (tertiary alicyclic amines) is 2. The van der Waals surface area contributed by atoms with E-state index in [1.807, 2.05) is 23.6 Å². The lowest BCUT2D eigenvalue weighted by Crippen LogP contribution is -2.44. The smallest absolute Gasteiger partial charge is 0.255 e. The van der Waals surface area contributed by atoms with Gasteiger partial charge in [-0.15, -0.1) is 0 Å². The predicted molar refractivity (Wildman–Crippen MR) is 107 cm³/mol. The molecule has 7 heteroatoms. The van der Waals surface area contributed by atoms with Crippen LogP contribution in [-0.4, -0.2) is 58.8 Å². The van der Waals surface area contributed by atoms with E-state index in [1.165, 1.54) is 6.42 Å². The average Bonchev–Trinajstić information content (AvgIpc) is 2.69. The predicted octanol–water partition coefficient (Wildman–Crippen LogP) is 3.42. The van der Waals surface area contributed by atoms with Crippen LogP contribution >= 0.6 is 11.6 Å². The molecule has 27 heavy (non-hydrogen) atoms. The van der Waals surface area contributed by atoms with Crippen molar-refractivity contribution in [3.63, 3.8) is 0 Å². The van der Waals surface area contributed by atoms with Crippen LogP contribution in [0.15, 0.2) is 12.3 Å². The largest absolute Gasteiger partial charge is 0.366 e. The van der Waals surface area contributed by atoms with Gasteiger partial charge >= 0.3 is 0 Å². The highest BCUT2D eigenvalue weighted by Crippen LogP contribution is 2.25. The third-order valence-electron chi connectivity index (χ3n) is 5.37. The fraction of sp³-hybridized carbons (Fsp3) is 0.650. The molecule has 0 atom stereocenters. The van der Waals surface area contributed by atoms with Crippen LogP contribution in [0.3, 0.4) is 0 Å². The summed E-state index contributed by atoms with van der Waals surface area (Å²) in [6, 6.07) is 1.94. The first-order valence-electron chi connectivity index (χ1n) is 9.96. The minimum Gasteiger partial charge on any atom is -0.366 e. The van der Waals surface area contributed by atoms with Gasteiger partial charge in [0.15, 0.2) is 0 Å². The third-order valence-corrected chi connectivity index (χ3v) is 5.66. The standard InChI is InChI=1S/C20H29ClN4O2/c1-14(2)19(26)25-10-6-16(7-11-25)23-18-17(21)12-15(13-22-18)20(27)24-8-4-3-5-9-24/h12-14,16H,3-11H2,1-2H3,(H,22,23). The fourth-order valence-electron chi connectivity index (χ4n) is 3.74. The van der Waals surface area contributed by atoms with Crippen molar-refractivity contribution in [3.8, 4) is 0 Å². The highest BCUT2D eigenvalue weighted by atomic mass is 35.5. The molecule has 3 rings (SSSR count). The number of piperidine rings is 2. The molecule has 2 fully saturated rings. The zero-order valence-corrected chi connectivity index (χ0v) is 17.0. The molecule has 2 saturated heterocycles. The van der Waals surface area contributed by atoms with Crippen molar-refractivity contribution in [3.05, 3.63) is 22.8 Å². The van der Waals surface area contributed by atoms with E-state index in [-0.39, 0.29) is 23.8 Å². The second-order valence-electron chi connectivity index (χ2n) is 7.81. The first kappa shape index (κ1) is 19.9. The van der Waals surface area contributed by atoms with Gasteiger partial charge in [-0.1, -0.05) is 25.4 Å². The van der Waals surface area contributed by atoms with E-state index in [9.17, 15) is 9.59 Å². The number of anilines is 1.